The molecule has 1 saturated carbocycles. The number of methoxy groups -OCH3 is 1. The molecule has 0 radical (unpaired) electrons. The molecule has 11 heavy (non-hydrogen) atoms. The second kappa shape index (κ2) is 2.76. The first-order valence-corrected chi connectivity index (χ1v) is 4.25. The van der Waals surface area contributed by atoms with Crippen LogP contribution in [-0.2, 0) is 4.74 Å². The molecule has 0 amide bonds. The van der Waals surface area contributed by atoms with Gasteiger partial charge >= 0.3 is 0 Å². The third-order valence-corrected chi connectivity index (χ3v) is 2.57. The Hall–Kier alpha value is -0.0800. The average molecular weight is 158 g/mol. The van der Waals surface area contributed by atoms with Crippen LogP contribution in [0.2, 0.25) is 0 Å². The molecular weight excluding hydrogens is 140 g/mol. The number of ether oxygens (including phenoxy) is 1. The highest BCUT2D eigenvalue weighted by Gasteiger charge is 2.40. The lowest BCUT2D eigenvalue weighted by atomic mass is 9.99. The molecule has 0 heterocycles. The standard InChI is InChI=1S/C9H18O2/c1-8(2,11-3)4-5-9(10)6-7-9/h10H,4-7H2,1-3H3. The van der Waals surface area contributed by atoms with Gasteiger partial charge in [0.05, 0.1) is 11.2 Å². The van der Waals surface area contributed by atoms with E-state index < -0.39 is 0 Å². The van der Waals surface area contributed by atoms with Crippen molar-refractivity contribution in [2.24, 2.45) is 0 Å². The van der Waals surface area contributed by atoms with Crippen LogP contribution >= 0.6 is 0 Å². The minimum absolute atomic E-state index is 0.0711. The molecule has 0 atom stereocenters. The van der Waals surface area contributed by atoms with E-state index in [0.29, 0.717) is 0 Å². The number of hydrogen-bond donors (Lipinski definition) is 1. The van der Waals surface area contributed by atoms with Gasteiger partial charge in [-0.05, 0) is 39.5 Å². The largest absolute Gasteiger partial charge is 0.390 e. The fraction of sp³-hybridized carbons (Fsp3) is 1.00. The average Bonchev–Trinajstić information content (AvgIpc) is 2.66. The Morgan fingerprint density at radius 3 is 2.36 bits per heavy atom. The number of aliphatic hydroxyl groups is 1. The third-order valence-electron chi connectivity index (χ3n) is 2.57. The summed E-state index contributed by atoms with van der Waals surface area (Å²) in [5.41, 5.74) is -0.395. The summed E-state index contributed by atoms with van der Waals surface area (Å²) in [6.45, 7) is 4.11. The zero-order valence-corrected chi connectivity index (χ0v) is 7.68. The predicted molar refractivity (Wildman–Crippen MR) is 44.5 cm³/mol. The molecule has 1 fully saturated rings. The van der Waals surface area contributed by atoms with Crippen molar-refractivity contribution in [1.82, 2.24) is 0 Å². The highest BCUT2D eigenvalue weighted by Crippen LogP contribution is 2.40. The minimum Gasteiger partial charge on any atom is -0.390 e. The zero-order valence-electron chi connectivity index (χ0n) is 7.68. The van der Waals surface area contributed by atoms with E-state index in [1.807, 2.05) is 0 Å². The summed E-state index contributed by atoms with van der Waals surface area (Å²) in [4.78, 5) is 0. The van der Waals surface area contributed by atoms with Crippen molar-refractivity contribution in [2.75, 3.05) is 7.11 Å². The number of rotatable bonds is 4. The highest BCUT2D eigenvalue weighted by atomic mass is 16.5. The van der Waals surface area contributed by atoms with Crippen molar-refractivity contribution in [3.63, 3.8) is 0 Å². The van der Waals surface area contributed by atoms with Gasteiger partial charge in [0.15, 0.2) is 0 Å². The van der Waals surface area contributed by atoms with Crippen LogP contribution in [0.1, 0.15) is 39.5 Å². The van der Waals surface area contributed by atoms with E-state index in [1.54, 1.807) is 7.11 Å². The van der Waals surface area contributed by atoms with Crippen molar-refractivity contribution in [3.05, 3.63) is 0 Å². The van der Waals surface area contributed by atoms with Gasteiger partial charge in [0, 0.05) is 7.11 Å². The maximum atomic E-state index is 9.53. The molecule has 0 spiro atoms. The van der Waals surface area contributed by atoms with Gasteiger partial charge in [-0.3, -0.25) is 0 Å². The molecule has 0 aromatic heterocycles. The van der Waals surface area contributed by atoms with Crippen LogP contribution in [0.25, 0.3) is 0 Å². The normalized spacial score (nSPS) is 21.8. The quantitative estimate of drug-likeness (QED) is 0.675. The van der Waals surface area contributed by atoms with Gasteiger partial charge in [-0.15, -0.1) is 0 Å². The van der Waals surface area contributed by atoms with E-state index in [9.17, 15) is 5.11 Å². The zero-order chi connectivity index (χ0) is 8.54. The van der Waals surface area contributed by atoms with Crippen molar-refractivity contribution >= 4 is 0 Å². The van der Waals surface area contributed by atoms with Crippen molar-refractivity contribution in [3.8, 4) is 0 Å². The molecule has 0 saturated heterocycles. The van der Waals surface area contributed by atoms with E-state index >= 15 is 0 Å². The maximum Gasteiger partial charge on any atom is 0.0651 e. The molecule has 0 bridgehead atoms. The second-order valence-corrected chi connectivity index (χ2v) is 4.19. The predicted octanol–water partition coefficient (Wildman–Crippen LogP) is 1.72. The summed E-state index contributed by atoms with van der Waals surface area (Å²) < 4.78 is 5.25. The van der Waals surface area contributed by atoms with E-state index in [0.717, 1.165) is 25.7 Å². The first-order valence-electron chi connectivity index (χ1n) is 4.25. The molecule has 0 unspecified atom stereocenters. The molecule has 0 aliphatic heterocycles. The summed E-state index contributed by atoms with van der Waals surface area (Å²) in [5, 5.41) is 9.53. The van der Waals surface area contributed by atoms with E-state index in [2.05, 4.69) is 13.8 Å². The first-order chi connectivity index (χ1) is 4.97. The Morgan fingerprint density at radius 2 is 2.00 bits per heavy atom. The molecule has 0 aromatic carbocycles. The molecule has 66 valence electrons. The minimum atomic E-state index is -0.324. The first kappa shape index (κ1) is 9.01. The number of hydrogen-bond acceptors (Lipinski definition) is 2. The lowest BCUT2D eigenvalue weighted by Crippen LogP contribution is -2.24. The third kappa shape index (κ3) is 2.80. The van der Waals surface area contributed by atoms with Gasteiger partial charge in [0.2, 0.25) is 0 Å². The summed E-state index contributed by atoms with van der Waals surface area (Å²) in [5.74, 6) is 0. The van der Waals surface area contributed by atoms with Gasteiger partial charge in [-0.25, -0.2) is 0 Å². The second-order valence-electron chi connectivity index (χ2n) is 4.19. The summed E-state index contributed by atoms with van der Waals surface area (Å²) in [6, 6.07) is 0. The van der Waals surface area contributed by atoms with Crippen LogP contribution in [0.3, 0.4) is 0 Å². The molecule has 1 aliphatic rings. The van der Waals surface area contributed by atoms with Crippen molar-refractivity contribution < 1.29 is 9.84 Å². The van der Waals surface area contributed by atoms with Gasteiger partial charge < -0.3 is 9.84 Å². The van der Waals surface area contributed by atoms with Crippen LogP contribution in [0.5, 0.6) is 0 Å². The summed E-state index contributed by atoms with van der Waals surface area (Å²) >= 11 is 0. The lowest BCUT2D eigenvalue weighted by Gasteiger charge is -2.23. The Bertz CT molecular complexity index is 136. The topological polar surface area (TPSA) is 29.5 Å². The molecule has 2 nitrogen and oxygen atoms in total. The van der Waals surface area contributed by atoms with Crippen LogP contribution < -0.4 is 0 Å². The fourth-order valence-corrected chi connectivity index (χ4v) is 1.03. The fourth-order valence-electron chi connectivity index (χ4n) is 1.03. The van der Waals surface area contributed by atoms with Crippen LogP contribution in [0.4, 0.5) is 0 Å². The highest BCUT2D eigenvalue weighted by molar-refractivity contribution is 4.94. The van der Waals surface area contributed by atoms with Gasteiger partial charge in [-0.1, -0.05) is 0 Å². The smallest absolute Gasteiger partial charge is 0.0651 e. The molecule has 1 N–H and O–H groups in total. The van der Waals surface area contributed by atoms with E-state index in [4.69, 9.17) is 4.74 Å². The summed E-state index contributed by atoms with van der Waals surface area (Å²) in [6.07, 6.45) is 3.79. The maximum absolute atomic E-state index is 9.53. The molecule has 1 rings (SSSR count). The molecule has 0 aromatic rings. The molecular formula is C9H18O2. The van der Waals surface area contributed by atoms with Crippen LogP contribution in [-0.4, -0.2) is 23.4 Å². The van der Waals surface area contributed by atoms with E-state index in [1.165, 1.54) is 0 Å². The Kier molecular flexibility index (Phi) is 2.26. The Labute approximate surface area is 68.6 Å². The van der Waals surface area contributed by atoms with Gasteiger partial charge in [0.1, 0.15) is 0 Å². The molecule has 2 heteroatoms. The Balaban J connectivity index is 2.20. The Morgan fingerprint density at radius 1 is 1.45 bits per heavy atom. The molecule has 1 aliphatic carbocycles. The van der Waals surface area contributed by atoms with Crippen LogP contribution in [0, 0.1) is 0 Å². The SMILES string of the molecule is COC(C)(C)CCC1(O)CC1. The van der Waals surface area contributed by atoms with Crippen LogP contribution in [0.15, 0.2) is 0 Å². The van der Waals surface area contributed by atoms with Gasteiger partial charge in [-0.2, -0.15) is 0 Å². The lowest BCUT2D eigenvalue weighted by molar-refractivity contribution is -0.000347. The van der Waals surface area contributed by atoms with Gasteiger partial charge in [0.25, 0.3) is 0 Å². The summed E-state index contributed by atoms with van der Waals surface area (Å²) in [7, 11) is 1.72. The monoisotopic (exact) mass is 158 g/mol. The van der Waals surface area contributed by atoms with Crippen molar-refractivity contribution in [2.45, 2.75) is 50.7 Å². The van der Waals surface area contributed by atoms with E-state index in [-0.39, 0.29) is 11.2 Å². The van der Waals surface area contributed by atoms with Crippen molar-refractivity contribution in [1.29, 1.82) is 0 Å².